The molecule has 0 amide bonds. The van der Waals surface area contributed by atoms with Crippen molar-refractivity contribution >= 4 is 8.32 Å². The first kappa shape index (κ1) is 12.6. The molecule has 0 radical (unpaired) electrons. The van der Waals surface area contributed by atoms with E-state index in [1.54, 1.807) is 0 Å². The lowest BCUT2D eigenvalue weighted by atomic mass is 10.0. The van der Waals surface area contributed by atoms with Crippen molar-refractivity contribution in [2.24, 2.45) is 17.8 Å². The van der Waals surface area contributed by atoms with Crippen LogP contribution < -0.4 is 0 Å². The van der Waals surface area contributed by atoms with E-state index in [1.807, 2.05) is 0 Å². The zero-order chi connectivity index (χ0) is 12.1. The Kier molecular flexibility index (Phi) is 3.01. The first-order valence-corrected chi connectivity index (χ1v) is 9.46. The van der Waals surface area contributed by atoms with Crippen LogP contribution in [0.15, 0.2) is 0 Å². The first-order valence-electron chi connectivity index (χ1n) is 6.55. The summed E-state index contributed by atoms with van der Waals surface area (Å²) in [6.45, 7) is 11.8. The molecule has 0 aromatic rings. The maximum absolute atomic E-state index is 9.41. The van der Waals surface area contributed by atoms with Gasteiger partial charge in [-0.3, -0.25) is 0 Å². The Morgan fingerprint density at radius 2 is 1.88 bits per heavy atom. The van der Waals surface area contributed by atoms with Gasteiger partial charge < -0.3 is 9.53 Å². The zero-order valence-corrected chi connectivity index (χ0v) is 12.3. The van der Waals surface area contributed by atoms with Crippen LogP contribution in [0.3, 0.4) is 0 Å². The molecule has 0 aliphatic heterocycles. The van der Waals surface area contributed by atoms with Crippen LogP contribution in [0.25, 0.3) is 0 Å². The number of aliphatic hydroxyl groups is 1. The highest BCUT2D eigenvalue weighted by atomic mass is 28.4. The highest BCUT2D eigenvalue weighted by Gasteiger charge is 2.56. The third kappa shape index (κ3) is 2.09. The van der Waals surface area contributed by atoms with Crippen molar-refractivity contribution in [3.05, 3.63) is 0 Å². The first-order chi connectivity index (χ1) is 7.26. The second-order valence-electron chi connectivity index (χ2n) is 7.18. The van der Waals surface area contributed by atoms with Crippen molar-refractivity contribution in [3.8, 4) is 0 Å². The van der Waals surface area contributed by atoms with E-state index in [9.17, 15) is 5.11 Å². The van der Waals surface area contributed by atoms with Gasteiger partial charge in [-0.25, -0.2) is 0 Å². The molecule has 2 unspecified atom stereocenters. The number of hydrogen-bond donors (Lipinski definition) is 1. The maximum Gasteiger partial charge on any atom is 0.192 e. The Morgan fingerprint density at radius 1 is 1.25 bits per heavy atom. The summed E-state index contributed by atoms with van der Waals surface area (Å²) in [6.07, 6.45) is 2.90. The summed E-state index contributed by atoms with van der Waals surface area (Å²) in [6, 6.07) is 0. The van der Waals surface area contributed by atoms with Crippen molar-refractivity contribution in [1.29, 1.82) is 0 Å². The summed E-state index contributed by atoms with van der Waals surface area (Å²) < 4.78 is 6.50. The topological polar surface area (TPSA) is 29.5 Å². The van der Waals surface area contributed by atoms with Crippen LogP contribution in [0, 0.1) is 17.8 Å². The summed E-state index contributed by atoms with van der Waals surface area (Å²) in [5.74, 6) is 2.05. The molecule has 2 saturated carbocycles. The zero-order valence-electron chi connectivity index (χ0n) is 11.3. The molecular formula is C13H26O2Si. The summed E-state index contributed by atoms with van der Waals surface area (Å²) in [7, 11) is -1.65. The summed E-state index contributed by atoms with van der Waals surface area (Å²) in [5.41, 5.74) is 0. The van der Waals surface area contributed by atoms with E-state index < -0.39 is 8.32 Å². The minimum absolute atomic E-state index is 0.278. The monoisotopic (exact) mass is 242 g/mol. The second kappa shape index (κ2) is 3.82. The fourth-order valence-corrected chi connectivity index (χ4v) is 4.10. The number of aliphatic hydroxyl groups excluding tert-OH is 1. The number of rotatable bonds is 3. The van der Waals surface area contributed by atoms with Crippen molar-refractivity contribution in [2.75, 3.05) is 6.61 Å². The molecule has 0 aromatic heterocycles. The smallest absolute Gasteiger partial charge is 0.192 e. The van der Waals surface area contributed by atoms with Gasteiger partial charge in [-0.05, 0) is 42.8 Å². The van der Waals surface area contributed by atoms with Gasteiger partial charge in [-0.1, -0.05) is 20.8 Å². The molecule has 0 aromatic carbocycles. The van der Waals surface area contributed by atoms with Crippen molar-refractivity contribution in [1.82, 2.24) is 0 Å². The van der Waals surface area contributed by atoms with Crippen molar-refractivity contribution in [3.63, 3.8) is 0 Å². The Labute approximate surface area is 101 Å². The molecule has 2 aliphatic carbocycles. The molecule has 2 fully saturated rings. The van der Waals surface area contributed by atoms with Gasteiger partial charge in [-0.15, -0.1) is 0 Å². The molecule has 0 saturated heterocycles. The van der Waals surface area contributed by atoms with Gasteiger partial charge in [0.1, 0.15) is 0 Å². The third-order valence-corrected chi connectivity index (χ3v) is 9.41. The average Bonchev–Trinajstić information content (AvgIpc) is 2.82. The summed E-state index contributed by atoms with van der Waals surface area (Å²) in [4.78, 5) is 0. The SMILES string of the molecule is CC(C)(C)[Si](C)(C)O[C@H]1C2CC2C[C@H]1CO. The van der Waals surface area contributed by atoms with Crippen LogP contribution in [0.4, 0.5) is 0 Å². The Balaban J connectivity index is 2.03. The average molecular weight is 242 g/mol. The normalized spacial score (nSPS) is 38.6. The van der Waals surface area contributed by atoms with Crippen molar-refractivity contribution in [2.45, 2.75) is 57.8 Å². The molecule has 0 spiro atoms. The molecule has 94 valence electrons. The molecule has 2 rings (SSSR count). The molecule has 4 atom stereocenters. The van der Waals surface area contributed by atoms with Crippen LogP contribution >= 0.6 is 0 Å². The lowest BCUT2D eigenvalue weighted by molar-refractivity contribution is 0.0785. The van der Waals surface area contributed by atoms with Crippen LogP contribution in [0.2, 0.25) is 18.1 Å². The predicted molar refractivity (Wildman–Crippen MR) is 68.9 cm³/mol. The lowest BCUT2D eigenvalue weighted by Crippen LogP contribution is -2.46. The minimum atomic E-state index is -1.65. The molecule has 2 nitrogen and oxygen atoms in total. The van der Waals surface area contributed by atoms with E-state index in [1.165, 1.54) is 12.8 Å². The molecule has 0 heterocycles. The number of hydrogen-bond acceptors (Lipinski definition) is 2. The van der Waals surface area contributed by atoms with Crippen LogP contribution in [-0.2, 0) is 4.43 Å². The van der Waals surface area contributed by atoms with Gasteiger partial charge >= 0.3 is 0 Å². The standard InChI is InChI=1S/C13H26O2Si/c1-13(2,3)16(4,5)15-12-10(8-14)6-9-7-11(9)12/h9-12,14H,6-8H2,1-5H3/t9?,10-,11?,12+/m0/s1. The second-order valence-corrected chi connectivity index (χ2v) is 11.9. The fourth-order valence-electron chi connectivity index (χ4n) is 2.70. The highest BCUT2D eigenvalue weighted by molar-refractivity contribution is 6.74. The van der Waals surface area contributed by atoms with E-state index in [2.05, 4.69) is 33.9 Å². The summed E-state index contributed by atoms with van der Waals surface area (Å²) >= 11 is 0. The molecular weight excluding hydrogens is 216 g/mol. The lowest BCUT2D eigenvalue weighted by Gasteiger charge is -2.40. The fraction of sp³-hybridized carbons (Fsp3) is 1.00. The Hall–Kier alpha value is 0.137. The Morgan fingerprint density at radius 3 is 2.38 bits per heavy atom. The molecule has 0 bridgehead atoms. The van der Waals surface area contributed by atoms with E-state index in [4.69, 9.17) is 4.43 Å². The van der Waals surface area contributed by atoms with Crippen LogP contribution in [-0.4, -0.2) is 26.1 Å². The van der Waals surface area contributed by atoms with E-state index >= 15 is 0 Å². The van der Waals surface area contributed by atoms with Gasteiger partial charge in [0.05, 0.1) is 6.10 Å². The van der Waals surface area contributed by atoms with Gasteiger partial charge in [0.2, 0.25) is 0 Å². The molecule has 1 N–H and O–H groups in total. The van der Waals surface area contributed by atoms with Crippen LogP contribution in [0.1, 0.15) is 33.6 Å². The minimum Gasteiger partial charge on any atom is -0.413 e. The van der Waals surface area contributed by atoms with Gasteiger partial charge in [0, 0.05) is 12.5 Å². The van der Waals surface area contributed by atoms with Crippen molar-refractivity contribution < 1.29 is 9.53 Å². The van der Waals surface area contributed by atoms with Gasteiger partial charge in [0.25, 0.3) is 0 Å². The maximum atomic E-state index is 9.41. The Bertz CT molecular complexity index is 270. The predicted octanol–water partition coefficient (Wildman–Crippen LogP) is 3.03. The van der Waals surface area contributed by atoms with E-state index in [0.717, 1.165) is 11.8 Å². The highest BCUT2D eigenvalue weighted by Crippen LogP contribution is 2.57. The summed E-state index contributed by atoms with van der Waals surface area (Å²) in [5, 5.41) is 9.69. The molecule has 2 aliphatic rings. The molecule has 3 heteroatoms. The van der Waals surface area contributed by atoms with Crippen LogP contribution in [0.5, 0.6) is 0 Å². The van der Waals surface area contributed by atoms with Gasteiger partial charge in [-0.2, -0.15) is 0 Å². The third-order valence-electron chi connectivity index (χ3n) is 4.94. The van der Waals surface area contributed by atoms with Gasteiger partial charge in [0.15, 0.2) is 8.32 Å². The largest absolute Gasteiger partial charge is 0.413 e. The molecule has 16 heavy (non-hydrogen) atoms. The quantitative estimate of drug-likeness (QED) is 0.771. The number of fused-ring (bicyclic) bond motifs is 1. The van der Waals surface area contributed by atoms with E-state index in [-0.39, 0.29) is 5.04 Å². The van der Waals surface area contributed by atoms with E-state index in [0.29, 0.717) is 18.6 Å².